The van der Waals surface area contributed by atoms with Crippen molar-refractivity contribution < 1.29 is 19.7 Å². The predicted molar refractivity (Wildman–Crippen MR) is 78.0 cm³/mol. The highest BCUT2D eigenvalue weighted by molar-refractivity contribution is 5.83. The van der Waals surface area contributed by atoms with Crippen molar-refractivity contribution in [3.8, 4) is 34.4 Å². The number of fused-ring (bicyclic) bond motifs is 1. The number of benzene rings is 2. The van der Waals surface area contributed by atoms with Crippen molar-refractivity contribution in [2.45, 2.75) is 0 Å². The SMILES string of the molecule is COc1cc2nc(-c3cc(O)cc(O)c3)[nH]c2cc1OC. The molecule has 3 rings (SSSR count). The highest BCUT2D eigenvalue weighted by Crippen LogP contribution is 2.33. The summed E-state index contributed by atoms with van der Waals surface area (Å²) in [7, 11) is 3.12. The highest BCUT2D eigenvalue weighted by atomic mass is 16.5. The molecule has 21 heavy (non-hydrogen) atoms. The molecule has 0 radical (unpaired) electrons. The van der Waals surface area contributed by atoms with E-state index in [-0.39, 0.29) is 11.5 Å². The number of imidazole rings is 1. The Morgan fingerprint density at radius 2 is 1.52 bits per heavy atom. The van der Waals surface area contributed by atoms with E-state index in [4.69, 9.17) is 9.47 Å². The number of ether oxygens (including phenoxy) is 2. The van der Waals surface area contributed by atoms with Crippen LogP contribution in [0.5, 0.6) is 23.0 Å². The van der Waals surface area contributed by atoms with Gasteiger partial charge in [-0.3, -0.25) is 0 Å². The summed E-state index contributed by atoms with van der Waals surface area (Å²) >= 11 is 0. The molecule has 0 saturated heterocycles. The molecule has 108 valence electrons. The lowest BCUT2D eigenvalue weighted by Crippen LogP contribution is -1.89. The van der Waals surface area contributed by atoms with Crippen molar-refractivity contribution >= 4 is 11.0 Å². The summed E-state index contributed by atoms with van der Waals surface area (Å²) in [6, 6.07) is 7.85. The first-order valence-corrected chi connectivity index (χ1v) is 6.26. The Kier molecular flexibility index (Phi) is 3.06. The van der Waals surface area contributed by atoms with Gasteiger partial charge in [0.05, 0.1) is 25.3 Å². The molecule has 1 aromatic heterocycles. The molecule has 1 heterocycles. The molecule has 6 nitrogen and oxygen atoms in total. The average Bonchev–Trinajstić information content (AvgIpc) is 2.87. The normalized spacial score (nSPS) is 10.8. The van der Waals surface area contributed by atoms with Crippen molar-refractivity contribution in [2.24, 2.45) is 0 Å². The van der Waals surface area contributed by atoms with Crippen LogP contribution in [0.3, 0.4) is 0 Å². The maximum atomic E-state index is 9.55. The number of hydrogen-bond acceptors (Lipinski definition) is 5. The Morgan fingerprint density at radius 1 is 0.905 bits per heavy atom. The largest absolute Gasteiger partial charge is 0.508 e. The van der Waals surface area contributed by atoms with Crippen LogP contribution in [0.15, 0.2) is 30.3 Å². The number of phenols is 2. The van der Waals surface area contributed by atoms with Crippen LogP contribution in [0.2, 0.25) is 0 Å². The van der Waals surface area contributed by atoms with Gasteiger partial charge in [-0.15, -0.1) is 0 Å². The zero-order valence-corrected chi connectivity index (χ0v) is 11.5. The molecule has 2 aromatic carbocycles. The second kappa shape index (κ2) is 4.90. The second-order valence-electron chi connectivity index (χ2n) is 4.55. The quantitative estimate of drug-likeness (QED) is 0.689. The van der Waals surface area contributed by atoms with Crippen LogP contribution in [0.1, 0.15) is 0 Å². The van der Waals surface area contributed by atoms with E-state index in [0.717, 1.165) is 5.52 Å². The maximum Gasteiger partial charge on any atom is 0.163 e. The molecule has 0 aliphatic rings. The first kappa shape index (κ1) is 13.1. The van der Waals surface area contributed by atoms with E-state index in [1.54, 1.807) is 26.4 Å². The number of hydrogen-bond donors (Lipinski definition) is 3. The van der Waals surface area contributed by atoms with E-state index in [1.165, 1.54) is 18.2 Å². The van der Waals surface area contributed by atoms with Gasteiger partial charge >= 0.3 is 0 Å². The number of nitrogens with zero attached hydrogens (tertiary/aromatic N) is 1. The Bertz CT molecular complexity index is 750. The minimum atomic E-state index is -0.0272. The first-order chi connectivity index (χ1) is 10.1. The lowest BCUT2D eigenvalue weighted by atomic mass is 10.2. The van der Waals surface area contributed by atoms with Crippen molar-refractivity contribution in [1.29, 1.82) is 0 Å². The van der Waals surface area contributed by atoms with Crippen LogP contribution in [0.4, 0.5) is 0 Å². The van der Waals surface area contributed by atoms with Gasteiger partial charge in [0.2, 0.25) is 0 Å². The topological polar surface area (TPSA) is 87.6 Å². The number of rotatable bonds is 3. The lowest BCUT2D eigenvalue weighted by Gasteiger charge is -2.06. The zero-order chi connectivity index (χ0) is 15.0. The third-order valence-electron chi connectivity index (χ3n) is 3.16. The summed E-state index contributed by atoms with van der Waals surface area (Å²) in [5.41, 5.74) is 2.05. The summed E-state index contributed by atoms with van der Waals surface area (Å²) in [4.78, 5) is 7.56. The molecule has 0 aliphatic heterocycles. The maximum absolute atomic E-state index is 9.55. The van der Waals surface area contributed by atoms with Crippen LogP contribution in [0.25, 0.3) is 22.4 Å². The monoisotopic (exact) mass is 286 g/mol. The van der Waals surface area contributed by atoms with Gasteiger partial charge in [0.25, 0.3) is 0 Å². The summed E-state index contributed by atoms with van der Waals surface area (Å²) in [6.45, 7) is 0. The van der Waals surface area contributed by atoms with Gasteiger partial charge in [0.15, 0.2) is 11.5 Å². The van der Waals surface area contributed by atoms with Gasteiger partial charge in [-0.2, -0.15) is 0 Å². The van der Waals surface area contributed by atoms with Crippen molar-refractivity contribution in [2.75, 3.05) is 14.2 Å². The van der Waals surface area contributed by atoms with Gasteiger partial charge in [0, 0.05) is 23.8 Å². The molecular weight excluding hydrogens is 272 g/mol. The molecule has 3 N–H and O–H groups in total. The standard InChI is InChI=1S/C15H14N2O4/c1-20-13-6-11-12(7-14(13)21-2)17-15(16-11)8-3-9(18)5-10(19)4-8/h3-7,18-19H,1-2H3,(H,16,17). The van der Waals surface area contributed by atoms with Gasteiger partial charge in [-0.1, -0.05) is 0 Å². The predicted octanol–water partition coefficient (Wildman–Crippen LogP) is 2.66. The second-order valence-corrected chi connectivity index (χ2v) is 4.55. The zero-order valence-electron chi connectivity index (χ0n) is 11.5. The van der Waals surface area contributed by atoms with Crippen molar-refractivity contribution in [1.82, 2.24) is 9.97 Å². The molecule has 0 amide bonds. The highest BCUT2D eigenvalue weighted by Gasteiger charge is 2.12. The molecule has 0 unspecified atom stereocenters. The van der Waals surface area contributed by atoms with Crippen molar-refractivity contribution in [3.05, 3.63) is 30.3 Å². The number of phenolic OH excluding ortho intramolecular Hbond substituents is 2. The minimum Gasteiger partial charge on any atom is -0.508 e. The van der Waals surface area contributed by atoms with E-state index in [9.17, 15) is 10.2 Å². The number of methoxy groups -OCH3 is 2. The molecule has 0 bridgehead atoms. The van der Waals surface area contributed by atoms with E-state index in [2.05, 4.69) is 9.97 Å². The van der Waals surface area contributed by atoms with Crippen LogP contribution < -0.4 is 9.47 Å². The van der Waals surface area contributed by atoms with Crippen LogP contribution in [-0.2, 0) is 0 Å². The van der Waals surface area contributed by atoms with Gasteiger partial charge in [-0.25, -0.2) is 4.98 Å². The smallest absolute Gasteiger partial charge is 0.163 e. The van der Waals surface area contributed by atoms with E-state index < -0.39 is 0 Å². The molecule has 0 spiro atoms. The molecule has 0 atom stereocenters. The fourth-order valence-electron chi connectivity index (χ4n) is 2.21. The summed E-state index contributed by atoms with van der Waals surface area (Å²) in [5.74, 6) is 1.66. The lowest BCUT2D eigenvalue weighted by molar-refractivity contribution is 0.356. The summed E-state index contributed by atoms with van der Waals surface area (Å²) in [6.07, 6.45) is 0. The summed E-state index contributed by atoms with van der Waals surface area (Å²) in [5, 5.41) is 19.1. The fourth-order valence-corrected chi connectivity index (χ4v) is 2.21. The number of aromatic hydroxyl groups is 2. The van der Waals surface area contributed by atoms with Gasteiger partial charge in [-0.05, 0) is 12.1 Å². The molecule has 0 fully saturated rings. The third kappa shape index (κ3) is 2.31. The van der Waals surface area contributed by atoms with Crippen LogP contribution >= 0.6 is 0 Å². The minimum absolute atomic E-state index is 0.0272. The van der Waals surface area contributed by atoms with Gasteiger partial charge < -0.3 is 24.7 Å². The molecule has 0 saturated carbocycles. The number of nitrogens with one attached hydrogen (secondary N) is 1. The Labute approximate surface area is 120 Å². The summed E-state index contributed by atoms with van der Waals surface area (Å²) < 4.78 is 10.5. The third-order valence-corrected chi connectivity index (χ3v) is 3.16. The van der Waals surface area contributed by atoms with Crippen LogP contribution in [0, 0.1) is 0 Å². The van der Waals surface area contributed by atoms with Crippen LogP contribution in [-0.4, -0.2) is 34.4 Å². The first-order valence-electron chi connectivity index (χ1n) is 6.26. The fraction of sp³-hybridized carbons (Fsp3) is 0.133. The van der Waals surface area contributed by atoms with Crippen molar-refractivity contribution in [3.63, 3.8) is 0 Å². The number of aromatic amines is 1. The Hall–Kier alpha value is -2.89. The van der Waals surface area contributed by atoms with E-state index in [1.807, 2.05) is 0 Å². The average molecular weight is 286 g/mol. The molecule has 0 aliphatic carbocycles. The Morgan fingerprint density at radius 3 is 2.14 bits per heavy atom. The number of aromatic nitrogens is 2. The Balaban J connectivity index is 2.16. The van der Waals surface area contributed by atoms with Gasteiger partial charge in [0.1, 0.15) is 17.3 Å². The molecule has 3 aromatic rings. The van der Waals surface area contributed by atoms with E-state index in [0.29, 0.717) is 28.4 Å². The molecular formula is C15H14N2O4. The molecule has 6 heteroatoms. The van der Waals surface area contributed by atoms with E-state index >= 15 is 0 Å². The number of H-pyrrole nitrogens is 1.